The van der Waals surface area contributed by atoms with Gasteiger partial charge in [0.25, 0.3) is 0 Å². The van der Waals surface area contributed by atoms with Gasteiger partial charge < -0.3 is 9.47 Å². The Morgan fingerprint density at radius 2 is 1.72 bits per heavy atom. The lowest BCUT2D eigenvalue weighted by atomic mass is 10.0. The second-order valence-corrected chi connectivity index (χ2v) is 4.12. The van der Waals surface area contributed by atoms with Gasteiger partial charge in [0.1, 0.15) is 5.75 Å². The molecule has 0 fully saturated rings. The van der Waals surface area contributed by atoms with E-state index in [0.717, 1.165) is 25.2 Å². The lowest BCUT2D eigenvalue weighted by molar-refractivity contribution is 0.192. The van der Waals surface area contributed by atoms with Crippen molar-refractivity contribution in [2.45, 2.75) is 46.5 Å². The summed E-state index contributed by atoms with van der Waals surface area (Å²) in [6.07, 6.45) is 4.65. The summed E-state index contributed by atoms with van der Waals surface area (Å²) >= 11 is 0. The topological polar surface area (TPSA) is 18.5 Å². The van der Waals surface area contributed by atoms with Crippen molar-refractivity contribution < 1.29 is 9.47 Å². The first-order valence-corrected chi connectivity index (χ1v) is 6.90. The molecule has 0 bridgehead atoms. The first-order valence-electron chi connectivity index (χ1n) is 6.90. The van der Waals surface area contributed by atoms with Crippen LogP contribution in [0.5, 0.6) is 5.75 Å². The summed E-state index contributed by atoms with van der Waals surface area (Å²) in [5.74, 6) is 1.01. The van der Waals surface area contributed by atoms with Crippen LogP contribution in [0.3, 0.4) is 0 Å². The lowest BCUT2D eigenvalue weighted by Crippen LogP contribution is -1.94. The van der Waals surface area contributed by atoms with E-state index in [1.54, 1.807) is 14.2 Å². The Morgan fingerprint density at radius 1 is 1.00 bits per heavy atom. The molecule has 1 aromatic carbocycles. The highest BCUT2D eigenvalue weighted by Crippen LogP contribution is 2.21. The second kappa shape index (κ2) is 11.1. The average molecular weight is 252 g/mol. The number of aryl methyl sites for hydroxylation is 2. The standard InChI is InChI=1S/C14H22O2.C2H6/c1-12-8-9-14(16-3)13(11-12)7-5-4-6-10-15-2;1-2/h8-9,11H,4-7,10H2,1-3H3;1-2H3. The van der Waals surface area contributed by atoms with Crippen molar-refractivity contribution in [3.8, 4) is 5.75 Å². The Labute approximate surface area is 112 Å². The summed E-state index contributed by atoms with van der Waals surface area (Å²) in [6, 6.07) is 6.36. The van der Waals surface area contributed by atoms with Crippen LogP contribution in [0, 0.1) is 6.92 Å². The molecular weight excluding hydrogens is 224 g/mol. The molecule has 0 unspecified atom stereocenters. The Balaban J connectivity index is 0.00000137. The second-order valence-electron chi connectivity index (χ2n) is 4.12. The third-order valence-electron chi connectivity index (χ3n) is 2.73. The predicted molar refractivity (Wildman–Crippen MR) is 78.5 cm³/mol. The number of hydrogen-bond acceptors (Lipinski definition) is 2. The van der Waals surface area contributed by atoms with Crippen LogP contribution in [-0.4, -0.2) is 20.8 Å². The van der Waals surface area contributed by atoms with Crippen molar-refractivity contribution in [3.05, 3.63) is 29.3 Å². The largest absolute Gasteiger partial charge is 0.496 e. The molecule has 0 N–H and O–H groups in total. The molecule has 0 heterocycles. The summed E-state index contributed by atoms with van der Waals surface area (Å²) in [5, 5.41) is 0. The maximum absolute atomic E-state index is 5.35. The van der Waals surface area contributed by atoms with Gasteiger partial charge in [0.2, 0.25) is 0 Å². The first-order chi connectivity index (χ1) is 8.77. The van der Waals surface area contributed by atoms with E-state index in [9.17, 15) is 0 Å². The Bertz CT molecular complexity index is 308. The normalized spacial score (nSPS) is 9.61. The zero-order valence-corrected chi connectivity index (χ0v) is 12.6. The monoisotopic (exact) mass is 252 g/mol. The summed E-state index contributed by atoms with van der Waals surface area (Å²) < 4.78 is 10.4. The molecule has 1 aromatic rings. The molecule has 0 radical (unpaired) electrons. The van der Waals surface area contributed by atoms with Gasteiger partial charge in [-0.2, -0.15) is 0 Å². The predicted octanol–water partition coefficient (Wildman–Crippen LogP) is 4.39. The number of ether oxygens (including phenoxy) is 2. The van der Waals surface area contributed by atoms with Crippen LogP contribution in [-0.2, 0) is 11.2 Å². The summed E-state index contributed by atoms with van der Waals surface area (Å²) in [6.45, 7) is 6.98. The average Bonchev–Trinajstić information content (AvgIpc) is 2.41. The molecule has 0 aromatic heterocycles. The summed E-state index contributed by atoms with van der Waals surface area (Å²) in [5.41, 5.74) is 2.62. The molecule has 0 aliphatic rings. The molecule has 0 atom stereocenters. The highest BCUT2D eigenvalue weighted by atomic mass is 16.5. The minimum absolute atomic E-state index is 0.866. The third-order valence-corrected chi connectivity index (χ3v) is 2.73. The highest BCUT2D eigenvalue weighted by molar-refractivity contribution is 5.36. The van der Waals surface area contributed by atoms with Crippen LogP contribution in [0.2, 0.25) is 0 Å². The quantitative estimate of drug-likeness (QED) is 0.670. The van der Waals surface area contributed by atoms with E-state index in [1.807, 2.05) is 13.8 Å². The molecule has 0 saturated heterocycles. The smallest absolute Gasteiger partial charge is 0.122 e. The van der Waals surface area contributed by atoms with Crippen LogP contribution in [0.1, 0.15) is 44.2 Å². The van der Waals surface area contributed by atoms with Crippen molar-refractivity contribution in [2.24, 2.45) is 0 Å². The van der Waals surface area contributed by atoms with E-state index in [1.165, 1.54) is 24.0 Å². The lowest BCUT2D eigenvalue weighted by Gasteiger charge is -2.09. The van der Waals surface area contributed by atoms with Crippen LogP contribution in [0.15, 0.2) is 18.2 Å². The summed E-state index contributed by atoms with van der Waals surface area (Å²) in [7, 11) is 3.49. The van der Waals surface area contributed by atoms with Gasteiger partial charge in [0.05, 0.1) is 7.11 Å². The van der Waals surface area contributed by atoms with Gasteiger partial charge in [-0.25, -0.2) is 0 Å². The molecule has 0 saturated carbocycles. The Kier molecular flexibility index (Phi) is 10.5. The van der Waals surface area contributed by atoms with E-state index in [4.69, 9.17) is 9.47 Å². The van der Waals surface area contributed by atoms with Gasteiger partial charge in [-0.15, -0.1) is 0 Å². The van der Waals surface area contributed by atoms with E-state index in [-0.39, 0.29) is 0 Å². The molecule has 2 heteroatoms. The molecule has 0 aliphatic carbocycles. The Morgan fingerprint density at radius 3 is 2.33 bits per heavy atom. The Hall–Kier alpha value is -1.02. The molecule has 1 rings (SSSR count). The van der Waals surface area contributed by atoms with E-state index >= 15 is 0 Å². The van der Waals surface area contributed by atoms with Crippen LogP contribution in [0.25, 0.3) is 0 Å². The zero-order valence-electron chi connectivity index (χ0n) is 12.6. The zero-order chi connectivity index (χ0) is 13.8. The molecule has 18 heavy (non-hydrogen) atoms. The van der Waals surface area contributed by atoms with E-state index in [2.05, 4.69) is 25.1 Å². The number of hydrogen-bond donors (Lipinski definition) is 0. The highest BCUT2D eigenvalue weighted by Gasteiger charge is 2.02. The van der Waals surface area contributed by atoms with E-state index < -0.39 is 0 Å². The minimum Gasteiger partial charge on any atom is -0.496 e. The summed E-state index contributed by atoms with van der Waals surface area (Å²) in [4.78, 5) is 0. The molecular formula is C16H28O2. The fraction of sp³-hybridized carbons (Fsp3) is 0.625. The van der Waals surface area contributed by atoms with Crippen LogP contribution < -0.4 is 4.74 Å². The van der Waals surface area contributed by atoms with Gasteiger partial charge in [-0.1, -0.05) is 38.0 Å². The van der Waals surface area contributed by atoms with Crippen LogP contribution >= 0.6 is 0 Å². The molecule has 0 amide bonds. The number of unbranched alkanes of at least 4 members (excludes halogenated alkanes) is 2. The van der Waals surface area contributed by atoms with E-state index in [0.29, 0.717) is 0 Å². The van der Waals surface area contributed by atoms with Crippen molar-refractivity contribution in [1.29, 1.82) is 0 Å². The van der Waals surface area contributed by atoms with Gasteiger partial charge in [-0.05, 0) is 37.8 Å². The van der Waals surface area contributed by atoms with Crippen LogP contribution in [0.4, 0.5) is 0 Å². The van der Waals surface area contributed by atoms with Crippen molar-refractivity contribution in [2.75, 3.05) is 20.8 Å². The fourth-order valence-corrected chi connectivity index (χ4v) is 1.84. The third kappa shape index (κ3) is 6.65. The molecule has 0 spiro atoms. The number of rotatable bonds is 7. The molecule has 0 aliphatic heterocycles. The van der Waals surface area contributed by atoms with Gasteiger partial charge in [0.15, 0.2) is 0 Å². The van der Waals surface area contributed by atoms with Crippen molar-refractivity contribution in [1.82, 2.24) is 0 Å². The van der Waals surface area contributed by atoms with Crippen molar-refractivity contribution in [3.63, 3.8) is 0 Å². The maximum atomic E-state index is 5.35. The van der Waals surface area contributed by atoms with Gasteiger partial charge >= 0.3 is 0 Å². The number of benzene rings is 1. The first kappa shape index (κ1) is 17.0. The molecule has 104 valence electrons. The SMILES string of the molecule is CC.COCCCCCc1cc(C)ccc1OC. The molecule has 2 nitrogen and oxygen atoms in total. The van der Waals surface area contributed by atoms with Gasteiger partial charge in [-0.3, -0.25) is 0 Å². The minimum atomic E-state index is 0.866. The van der Waals surface area contributed by atoms with Crippen molar-refractivity contribution >= 4 is 0 Å². The van der Waals surface area contributed by atoms with Gasteiger partial charge in [0, 0.05) is 13.7 Å². The fourth-order valence-electron chi connectivity index (χ4n) is 1.84. The number of methoxy groups -OCH3 is 2. The maximum Gasteiger partial charge on any atom is 0.122 e.